The van der Waals surface area contributed by atoms with Crippen molar-refractivity contribution in [2.45, 2.75) is 39.9 Å². The van der Waals surface area contributed by atoms with Gasteiger partial charge in [0, 0.05) is 18.8 Å². The Morgan fingerprint density at radius 3 is 2.38 bits per heavy atom. The van der Waals surface area contributed by atoms with E-state index in [0.29, 0.717) is 24.4 Å². The minimum absolute atomic E-state index is 0.00259. The van der Waals surface area contributed by atoms with Crippen LogP contribution in [0, 0.1) is 5.41 Å². The standard InChI is InChI=1S/C15H18ClF3N2/c1-14(2,3)9-21-12-5-4-10(15(17,18)19)8-11(12)20-13(21)6-7-16/h4-5,8H,6-7,9H2,1-3H3. The molecule has 0 spiro atoms. The van der Waals surface area contributed by atoms with Crippen LogP contribution in [0.25, 0.3) is 11.0 Å². The van der Waals surface area contributed by atoms with Crippen LogP contribution in [0.15, 0.2) is 18.2 Å². The first kappa shape index (κ1) is 16.1. The Morgan fingerprint density at radius 2 is 1.86 bits per heavy atom. The summed E-state index contributed by atoms with van der Waals surface area (Å²) in [5.74, 6) is 1.12. The molecule has 0 saturated carbocycles. The smallest absolute Gasteiger partial charge is 0.327 e. The average Bonchev–Trinajstić information content (AvgIpc) is 2.64. The third kappa shape index (κ3) is 3.70. The molecule has 1 heterocycles. The topological polar surface area (TPSA) is 17.8 Å². The van der Waals surface area contributed by atoms with Crippen molar-refractivity contribution >= 4 is 22.6 Å². The van der Waals surface area contributed by atoms with Gasteiger partial charge in [-0.3, -0.25) is 0 Å². The Labute approximate surface area is 126 Å². The molecule has 2 nitrogen and oxygen atoms in total. The molecule has 2 aromatic rings. The van der Waals surface area contributed by atoms with E-state index in [1.807, 2.05) is 4.57 Å². The van der Waals surface area contributed by atoms with E-state index < -0.39 is 11.7 Å². The molecule has 0 radical (unpaired) electrons. The van der Waals surface area contributed by atoms with Crippen LogP contribution in [0.4, 0.5) is 13.2 Å². The summed E-state index contributed by atoms with van der Waals surface area (Å²) in [6, 6.07) is 3.70. The van der Waals surface area contributed by atoms with Gasteiger partial charge in [0.25, 0.3) is 0 Å². The third-order valence-corrected chi connectivity index (χ3v) is 3.29. The van der Waals surface area contributed by atoms with Gasteiger partial charge in [-0.2, -0.15) is 13.2 Å². The summed E-state index contributed by atoms with van der Waals surface area (Å²) in [7, 11) is 0. The second kappa shape index (κ2) is 5.52. The predicted octanol–water partition coefficient (Wildman–Crippen LogP) is 4.88. The summed E-state index contributed by atoms with van der Waals surface area (Å²) < 4.78 is 40.3. The minimum Gasteiger partial charge on any atom is -0.327 e. The molecular weight excluding hydrogens is 301 g/mol. The van der Waals surface area contributed by atoms with Gasteiger partial charge in [0.15, 0.2) is 0 Å². The highest BCUT2D eigenvalue weighted by atomic mass is 35.5. The fourth-order valence-corrected chi connectivity index (χ4v) is 2.45. The molecule has 0 saturated heterocycles. The van der Waals surface area contributed by atoms with E-state index in [4.69, 9.17) is 11.6 Å². The summed E-state index contributed by atoms with van der Waals surface area (Å²) in [6.07, 6.45) is -3.82. The molecule has 0 N–H and O–H groups in total. The summed E-state index contributed by atoms with van der Waals surface area (Å²) in [5, 5.41) is 0. The van der Waals surface area contributed by atoms with Crippen molar-refractivity contribution in [3.8, 4) is 0 Å². The average molecular weight is 319 g/mol. The van der Waals surface area contributed by atoms with Crippen LogP contribution in [0.3, 0.4) is 0 Å². The largest absolute Gasteiger partial charge is 0.416 e. The Hall–Kier alpha value is -1.23. The molecule has 0 atom stereocenters. The number of imidazole rings is 1. The van der Waals surface area contributed by atoms with Crippen molar-refractivity contribution in [3.05, 3.63) is 29.6 Å². The van der Waals surface area contributed by atoms with Crippen LogP contribution in [0.2, 0.25) is 0 Å². The number of aromatic nitrogens is 2. The lowest BCUT2D eigenvalue weighted by Gasteiger charge is -2.21. The molecule has 0 aliphatic heterocycles. The zero-order valence-corrected chi connectivity index (χ0v) is 13.0. The number of aryl methyl sites for hydroxylation is 1. The second-order valence-electron chi connectivity index (χ2n) is 6.32. The molecule has 0 amide bonds. The van der Waals surface area contributed by atoms with Gasteiger partial charge in [-0.05, 0) is 23.6 Å². The highest BCUT2D eigenvalue weighted by Gasteiger charge is 2.31. The highest BCUT2D eigenvalue weighted by Crippen LogP contribution is 2.32. The first-order valence-corrected chi connectivity index (χ1v) is 7.27. The van der Waals surface area contributed by atoms with Gasteiger partial charge in [0.05, 0.1) is 16.6 Å². The number of nitrogens with zero attached hydrogens (tertiary/aromatic N) is 2. The number of halogens is 4. The first-order valence-electron chi connectivity index (χ1n) is 6.74. The minimum atomic E-state index is -4.35. The zero-order valence-electron chi connectivity index (χ0n) is 12.3. The molecule has 1 aromatic heterocycles. The van der Waals surface area contributed by atoms with Gasteiger partial charge in [-0.25, -0.2) is 4.98 Å². The molecule has 0 aliphatic rings. The summed E-state index contributed by atoms with van der Waals surface area (Å²) in [4.78, 5) is 4.34. The number of fused-ring (bicyclic) bond motifs is 1. The van der Waals surface area contributed by atoms with E-state index in [1.54, 1.807) is 0 Å². The maximum Gasteiger partial charge on any atom is 0.416 e. The summed E-state index contributed by atoms with van der Waals surface area (Å²) >= 11 is 5.78. The molecule has 0 aliphatic carbocycles. The number of alkyl halides is 4. The Kier molecular flexibility index (Phi) is 4.24. The SMILES string of the molecule is CC(C)(C)Cn1c(CCCl)nc2cc(C(F)(F)F)ccc21. The van der Waals surface area contributed by atoms with Crippen LogP contribution in [0.1, 0.15) is 32.2 Å². The van der Waals surface area contributed by atoms with E-state index in [9.17, 15) is 13.2 Å². The van der Waals surface area contributed by atoms with Crippen LogP contribution < -0.4 is 0 Å². The fraction of sp³-hybridized carbons (Fsp3) is 0.533. The van der Waals surface area contributed by atoms with Crippen molar-refractivity contribution in [2.24, 2.45) is 5.41 Å². The summed E-state index contributed by atoms with van der Waals surface area (Å²) in [6.45, 7) is 6.91. The monoisotopic (exact) mass is 318 g/mol. The van der Waals surface area contributed by atoms with Gasteiger partial charge >= 0.3 is 6.18 Å². The van der Waals surface area contributed by atoms with Crippen LogP contribution in [-0.4, -0.2) is 15.4 Å². The van der Waals surface area contributed by atoms with Crippen LogP contribution >= 0.6 is 11.6 Å². The lowest BCUT2D eigenvalue weighted by Crippen LogP contribution is -2.17. The number of rotatable bonds is 3. The lowest BCUT2D eigenvalue weighted by atomic mass is 9.96. The fourth-order valence-electron chi connectivity index (χ4n) is 2.28. The maximum atomic E-state index is 12.8. The third-order valence-electron chi connectivity index (χ3n) is 3.11. The lowest BCUT2D eigenvalue weighted by molar-refractivity contribution is -0.137. The molecule has 2 rings (SSSR count). The molecule has 0 bridgehead atoms. The van der Waals surface area contributed by atoms with Crippen LogP contribution in [0.5, 0.6) is 0 Å². The molecule has 6 heteroatoms. The molecule has 0 unspecified atom stereocenters. The van der Waals surface area contributed by atoms with Crippen molar-refractivity contribution in [1.29, 1.82) is 0 Å². The van der Waals surface area contributed by atoms with Crippen LogP contribution in [-0.2, 0) is 19.1 Å². The van der Waals surface area contributed by atoms with E-state index in [1.165, 1.54) is 6.07 Å². The van der Waals surface area contributed by atoms with E-state index in [2.05, 4.69) is 25.8 Å². The Bertz CT molecular complexity index is 639. The van der Waals surface area contributed by atoms with Gasteiger partial charge in [-0.1, -0.05) is 20.8 Å². The van der Waals surface area contributed by atoms with Gasteiger partial charge in [0.1, 0.15) is 5.82 Å². The van der Waals surface area contributed by atoms with E-state index >= 15 is 0 Å². The highest BCUT2D eigenvalue weighted by molar-refractivity contribution is 6.17. The van der Waals surface area contributed by atoms with Crippen molar-refractivity contribution in [2.75, 3.05) is 5.88 Å². The first-order chi connectivity index (χ1) is 9.62. The molecule has 1 aromatic carbocycles. The molecule has 21 heavy (non-hydrogen) atoms. The Balaban J connectivity index is 2.57. The quantitative estimate of drug-likeness (QED) is 0.737. The van der Waals surface area contributed by atoms with Crippen molar-refractivity contribution in [3.63, 3.8) is 0 Å². The Morgan fingerprint density at radius 1 is 1.19 bits per heavy atom. The van der Waals surface area contributed by atoms with Gasteiger partial charge in [-0.15, -0.1) is 11.6 Å². The van der Waals surface area contributed by atoms with Gasteiger partial charge in [0.2, 0.25) is 0 Å². The van der Waals surface area contributed by atoms with Crippen molar-refractivity contribution in [1.82, 2.24) is 9.55 Å². The molecular formula is C15H18ClF3N2. The number of benzene rings is 1. The maximum absolute atomic E-state index is 12.8. The second-order valence-corrected chi connectivity index (χ2v) is 6.69. The number of hydrogen-bond acceptors (Lipinski definition) is 1. The zero-order chi connectivity index (χ0) is 15.8. The van der Waals surface area contributed by atoms with E-state index in [-0.39, 0.29) is 5.41 Å². The normalized spacial score (nSPS) is 13.1. The predicted molar refractivity (Wildman–Crippen MR) is 78.6 cm³/mol. The summed E-state index contributed by atoms with van der Waals surface area (Å²) in [5.41, 5.74) is 0.414. The van der Waals surface area contributed by atoms with Gasteiger partial charge < -0.3 is 4.57 Å². The number of hydrogen-bond donors (Lipinski definition) is 0. The molecule has 0 fully saturated rings. The van der Waals surface area contributed by atoms with E-state index in [0.717, 1.165) is 23.5 Å². The van der Waals surface area contributed by atoms with Crippen molar-refractivity contribution < 1.29 is 13.2 Å². The molecule has 116 valence electrons.